The fourth-order valence-electron chi connectivity index (χ4n) is 4.53. The van der Waals surface area contributed by atoms with Crippen molar-refractivity contribution in [2.45, 2.75) is 43.7 Å². The fourth-order valence-corrected chi connectivity index (χ4v) is 4.53. The van der Waals surface area contributed by atoms with Crippen molar-refractivity contribution in [3.05, 3.63) is 54.1 Å². The third-order valence-corrected chi connectivity index (χ3v) is 5.93. The van der Waals surface area contributed by atoms with Crippen LogP contribution in [0.2, 0.25) is 0 Å². The minimum atomic E-state index is -0.499. The first kappa shape index (κ1) is 18.7. The maximum absolute atomic E-state index is 13.1. The predicted octanol–water partition coefficient (Wildman–Crippen LogP) is 1.50. The zero-order chi connectivity index (χ0) is 19.4. The number of hydrogen-bond acceptors (Lipinski definition) is 4. The molecule has 2 atom stereocenters. The Balaban J connectivity index is 1.39. The van der Waals surface area contributed by atoms with E-state index in [1.165, 1.54) is 0 Å². The predicted molar refractivity (Wildman–Crippen MR) is 106 cm³/mol. The van der Waals surface area contributed by atoms with Crippen LogP contribution in [0.5, 0.6) is 0 Å². The van der Waals surface area contributed by atoms with Gasteiger partial charge in [0.15, 0.2) is 0 Å². The Morgan fingerprint density at radius 2 is 2.11 bits per heavy atom. The second-order valence-electron chi connectivity index (χ2n) is 7.76. The van der Waals surface area contributed by atoms with E-state index in [1.54, 1.807) is 12.5 Å². The van der Waals surface area contributed by atoms with E-state index in [2.05, 4.69) is 25.5 Å². The maximum atomic E-state index is 13.1. The lowest BCUT2D eigenvalue weighted by Crippen LogP contribution is -2.57. The van der Waals surface area contributed by atoms with Gasteiger partial charge >= 0.3 is 0 Å². The fraction of sp³-hybridized carbons (Fsp3) is 0.476. The second-order valence-corrected chi connectivity index (χ2v) is 7.76. The number of nitrogens with zero attached hydrogens (tertiary/aromatic N) is 2. The summed E-state index contributed by atoms with van der Waals surface area (Å²) in [4.78, 5) is 35.0. The monoisotopic (exact) mass is 381 g/mol. The number of imidazole rings is 1. The number of carbonyl (C=O) groups is 2. The van der Waals surface area contributed by atoms with Gasteiger partial charge in [-0.3, -0.25) is 14.5 Å². The molecular weight excluding hydrogens is 354 g/mol. The van der Waals surface area contributed by atoms with E-state index in [-0.39, 0.29) is 17.9 Å². The number of H-pyrrole nitrogens is 1. The average Bonchev–Trinajstić information content (AvgIpc) is 3.36. The Morgan fingerprint density at radius 1 is 1.25 bits per heavy atom. The van der Waals surface area contributed by atoms with Crippen molar-refractivity contribution in [1.29, 1.82) is 0 Å². The van der Waals surface area contributed by atoms with Crippen molar-refractivity contribution in [2.24, 2.45) is 0 Å². The molecule has 7 nitrogen and oxygen atoms in total. The number of piperidine rings is 1. The SMILES string of the molecule is O=C(N[C@@H]1CN2CCCC[C@@]2(C(=O)NCCc2cnc[nH]2)C1)c1ccccc1. The number of aromatic nitrogens is 2. The molecule has 0 bridgehead atoms. The Morgan fingerprint density at radius 3 is 2.89 bits per heavy atom. The van der Waals surface area contributed by atoms with Gasteiger partial charge in [-0.25, -0.2) is 4.98 Å². The van der Waals surface area contributed by atoms with Crippen LogP contribution in [0.3, 0.4) is 0 Å². The van der Waals surface area contributed by atoms with Crippen LogP contribution in [0.15, 0.2) is 42.9 Å². The minimum Gasteiger partial charge on any atom is -0.354 e. The van der Waals surface area contributed by atoms with E-state index < -0.39 is 5.54 Å². The first-order chi connectivity index (χ1) is 13.7. The summed E-state index contributed by atoms with van der Waals surface area (Å²) in [5, 5.41) is 6.25. The van der Waals surface area contributed by atoms with Crippen LogP contribution in [0.25, 0.3) is 0 Å². The van der Waals surface area contributed by atoms with Gasteiger partial charge in [0.1, 0.15) is 5.54 Å². The van der Waals surface area contributed by atoms with E-state index in [0.29, 0.717) is 18.5 Å². The molecule has 28 heavy (non-hydrogen) atoms. The summed E-state index contributed by atoms with van der Waals surface area (Å²) in [7, 11) is 0. The van der Waals surface area contributed by atoms with Crippen LogP contribution < -0.4 is 10.6 Å². The highest BCUT2D eigenvalue weighted by molar-refractivity contribution is 5.94. The standard InChI is InChI=1S/C21H27N5O2/c27-19(16-6-2-1-3-7-16)25-18-12-21(9-4-5-11-26(21)14-18)20(28)23-10-8-17-13-22-15-24-17/h1-3,6-7,13,15,18H,4-5,8-12,14H2,(H,22,24)(H,23,28)(H,25,27)/t18-,21-/m0/s1. The number of benzene rings is 1. The molecule has 148 valence electrons. The van der Waals surface area contributed by atoms with Crippen molar-refractivity contribution in [3.8, 4) is 0 Å². The smallest absolute Gasteiger partial charge is 0.251 e. The van der Waals surface area contributed by atoms with Gasteiger partial charge in [-0.15, -0.1) is 0 Å². The molecule has 0 radical (unpaired) electrons. The number of fused-ring (bicyclic) bond motifs is 1. The Bertz CT molecular complexity index is 807. The molecule has 4 rings (SSSR count). The second kappa shape index (κ2) is 8.14. The van der Waals surface area contributed by atoms with E-state index in [4.69, 9.17) is 0 Å². The van der Waals surface area contributed by atoms with Crippen LogP contribution in [-0.4, -0.2) is 57.9 Å². The molecule has 1 aromatic carbocycles. The molecule has 2 aromatic rings. The summed E-state index contributed by atoms with van der Waals surface area (Å²) in [5.74, 6) is 0.0171. The average molecular weight is 381 g/mol. The minimum absolute atomic E-state index is 0.0100. The third kappa shape index (κ3) is 3.80. The van der Waals surface area contributed by atoms with Gasteiger partial charge in [0.25, 0.3) is 5.91 Å². The summed E-state index contributed by atoms with van der Waals surface area (Å²) >= 11 is 0. The summed E-state index contributed by atoms with van der Waals surface area (Å²) < 4.78 is 0. The molecule has 0 spiro atoms. The van der Waals surface area contributed by atoms with E-state index in [0.717, 1.165) is 44.5 Å². The molecule has 2 aliphatic rings. The molecular formula is C21H27N5O2. The first-order valence-corrected chi connectivity index (χ1v) is 10.0. The quantitative estimate of drug-likeness (QED) is 0.707. The number of nitrogens with one attached hydrogen (secondary N) is 3. The third-order valence-electron chi connectivity index (χ3n) is 5.93. The topological polar surface area (TPSA) is 90.1 Å². The van der Waals surface area contributed by atoms with Crippen LogP contribution in [0.4, 0.5) is 0 Å². The van der Waals surface area contributed by atoms with Crippen molar-refractivity contribution in [2.75, 3.05) is 19.6 Å². The molecule has 2 fully saturated rings. The lowest BCUT2D eigenvalue weighted by molar-refractivity contribution is -0.133. The molecule has 3 N–H and O–H groups in total. The maximum Gasteiger partial charge on any atom is 0.251 e. The highest BCUT2D eigenvalue weighted by atomic mass is 16.2. The highest BCUT2D eigenvalue weighted by Crippen LogP contribution is 2.38. The molecule has 1 aromatic heterocycles. The van der Waals surface area contributed by atoms with Crippen LogP contribution in [0.1, 0.15) is 41.7 Å². The lowest BCUT2D eigenvalue weighted by Gasteiger charge is -2.40. The zero-order valence-electron chi connectivity index (χ0n) is 16.0. The van der Waals surface area contributed by atoms with Gasteiger partial charge in [0.2, 0.25) is 5.91 Å². The van der Waals surface area contributed by atoms with Crippen molar-refractivity contribution in [3.63, 3.8) is 0 Å². The number of amides is 2. The number of rotatable bonds is 6. The largest absolute Gasteiger partial charge is 0.354 e. The van der Waals surface area contributed by atoms with Gasteiger partial charge in [0.05, 0.1) is 6.33 Å². The van der Waals surface area contributed by atoms with Crippen molar-refractivity contribution < 1.29 is 9.59 Å². The van der Waals surface area contributed by atoms with Gasteiger partial charge in [0, 0.05) is 43.0 Å². The van der Waals surface area contributed by atoms with E-state index in [9.17, 15) is 9.59 Å². The zero-order valence-corrected chi connectivity index (χ0v) is 16.0. The molecule has 3 heterocycles. The van der Waals surface area contributed by atoms with Gasteiger partial charge in [-0.05, 0) is 44.4 Å². The summed E-state index contributed by atoms with van der Waals surface area (Å²) in [6.45, 7) is 2.22. The van der Waals surface area contributed by atoms with Gasteiger partial charge in [-0.1, -0.05) is 18.2 Å². The molecule has 2 aliphatic heterocycles. The summed E-state index contributed by atoms with van der Waals surface area (Å²) in [5.41, 5.74) is 1.17. The lowest BCUT2D eigenvalue weighted by atomic mass is 9.84. The molecule has 0 saturated carbocycles. The number of carbonyl (C=O) groups excluding carboxylic acids is 2. The molecule has 7 heteroatoms. The van der Waals surface area contributed by atoms with Crippen LogP contribution in [0, 0.1) is 0 Å². The normalized spacial score (nSPS) is 24.5. The van der Waals surface area contributed by atoms with Crippen LogP contribution in [-0.2, 0) is 11.2 Å². The Labute approximate surface area is 164 Å². The molecule has 0 unspecified atom stereocenters. The van der Waals surface area contributed by atoms with E-state index >= 15 is 0 Å². The Hall–Kier alpha value is -2.67. The summed E-state index contributed by atoms with van der Waals surface area (Å²) in [6, 6.07) is 9.24. The van der Waals surface area contributed by atoms with Crippen molar-refractivity contribution >= 4 is 11.8 Å². The molecule has 2 saturated heterocycles. The highest BCUT2D eigenvalue weighted by Gasteiger charge is 2.52. The van der Waals surface area contributed by atoms with E-state index in [1.807, 2.05) is 30.3 Å². The summed E-state index contributed by atoms with van der Waals surface area (Å²) in [6.07, 6.45) is 7.82. The van der Waals surface area contributed by atoms with Gasteiger partial charge < -0.3 is 15.6 Å². The van der Waals surface area contributed by atoms with Crippen molar-refractivity contribution in [1.82, 2.24) is 25.5 Å². The number of hydrogen-bond donors (Lipinski definition) is 3. The molecule has 0 aliphatic carbocycles. The van der Waals surface area contributed by atoms with Crippen LogP contribution >= 0.6 is 0 Å². The molecule has 2 amide bonds. The number of aromatic amines is 1. The van der Waals surface area contributed by atoms with Gasteiger partial charge in [-0.2, -0.15) is 0 Å². The first-order valence-electron chi connectivity index (χ1n) is 10.0. The Kier molecular flexibility index (Phi) is 5.43.